The second-order valence-electron chi connectivity index (χ2n) is 14.1. The zero-order chi connectivity index (χ0) is 29.9. The summed E-state index contributed by atoms with van der Waals surface area (Å²) < 4.78 is 6.09. The zero-order valence-electron chi connectivity index (χ0n) is 26.1. The predicted molar refractivity (Wildman–Crippen MR) is 170 cm³/mol. The highest BCUT2D eigenvalue weighted by atomic mass is 16.5. The van der Waals surface area contributed by atoms with E-state index in [9.17, 15) is 9.59 Å². The van der Waals surface area contributed by atoms with E-state index in [1.807, 2.05) is 19.2 Å². The number of carbonyl (C=O) groups excluding carboxylic acids is 2. The lowest BCUT2D eigenvalue weighted by Crippen LogP contribution is -2.55. The monoisotopic (exact) mass is 599 g/mol. The molecule has 2 aromatic rings. The van der Waals surface area contributed by atoms with Crippen LogP contribution >= 0.6 is 0 Å². The van der Waals surface area contributed by atoms with E-state index in [0.29, 0.717) is 48.2 Å². The second-order valence-corrected chi connectivity index (χ2v) is 14.1. The van der Waals surface area contributed by atoms with Gasteiger partial charge in [-0.15, -0.1) is 0 Å². The molecule has 234 valence electrons. The lowest BCUT2D eigenvalue weighted by molar-refractivity contribution is -0.120. The van der Waals surface area contributed by atoms with Crippen molar-refractivity contribution >= 4 is 35.0 Å². The molecule has 44 heavy (non-hydrogen) atoms. The SMILES string of the molecule is CCC1C(=O)N(C)c2cnc(Nc3ccc(C(=O)NC4CC5CN(CC6CC6)CC5C4)c4c3OCC4)nc2N1C1CCCC1. The van der Waals surface area contributed by atoms with Crippen molar-refractivity contribution in [3.05, 3.63) is 29.5 Å². The van der Waals surface area contributed by atoms with Crippen molar-refractivity contribution in [1.82, 2.24) is 20.2 Å². The van der Waals surface area contributed by atoms with Crippen molar-refractivity contribution in [2.45, 2.75) is 89.3 Å². The molecule has 1 aromatic carbocycles. The maximum absolute atomic E-state index is 13.5. The summed E-state index contributed by atoms with van der Waals surface area (Å²) in [4.78, 5) is 43.0. The molecule has 10 heteroatoms. The lowest BCUT2D eigenvalue weighted by atomic mass is 10.0. The predicted octanol–water partition coefficient (Wildman–Crippen LogP) is 4.51. The Bertz CT molecular complexity index is 1440. The highest BCUT2D eigenvalue weighted by molar-refractivity contribution is 6.04. The van der Waals surface area contributed by atoms with Crippen molar-refractivity contribution in [2.24, 2.45) is 17.8 Å². The van der Waals surface area contributed by atoms with Crippen LogP contribution in [-0.4, -0.2) is 78.1 Å². The summed E-state index contributed by atoms with van der Waals surface area (Å²) in [6, 6.07) is 4.18. The van der Waals surface area contributed by atoms with Gasteiger partial charge in [-0.25, -0.2) is 4.98 Å². The van der Waals surface area contributed by atoms with Crippen LogP contribution in [0.25, 0.3) is 0 Å². The van der Waals surface area contributed by atoms with Crippen LogP contribution < -0.4 is 25.2 Å². The number of amides is 2. The molecule has 10 nitrogen and oxygen atoms in total. The number of carbonyl (C=O) groups is 2. The van der Waals surface area contributed by atoms with E-state index in [1.54, 1.807) is 11.1 Å². The number of nitrogens with zero attached hydrogens (tertiary/aromatic N) is 5. The van der Waals surface area contributed by atoms with E-state index >= 15 is 0 Å². The molecular formula is C34H45N7O3. The van der Waals surface area contributed by atoms with Crippen LogP contribution in [0.2, 0.25) is 0 Å². The van der Waals surface area contributed by atoms with Gasteiger partial charge in [-0.1, -0.05) is 19.8 Å². The Balaban J connectivity index is 0.990. The number of hydrogen-bond acceptors (Lipinski definition) is 8. The summed E-state index contributed by atoms with van der Waals surface area (Å²) in [7, 11) is 1.82. The number of anilines is 4. The summed E-state index contributed by atoms with van der Waals surface area (Å²) in [5.41, 5.74) is 3.17. The molecule has 2 amide bonds. The molecule has 0 bridgehead atoms. The van der Waals surface area contributed by atoms with Gasteiger partial charge in [-0.3, -0.25) is 9.59 Å². The fraction of sp³-hybridized carbons (Fsp3) is 0.647. The van der Waals surface area contributed by atoms with Gasteiger partial charge < -0.3 is 30.1 Å². The van der Waals surface area contributed by atoms with E-state index < -0.39 is 0 Å². The van der Waals surface area contributed by atoms with Crippen molar-refractivity contribution < 1.29 is 14.3 Å². The molecule has 3 saturated carbocycles. The normalized spacial score (nSPS) is 28.2. The maximum Gasteiger partial charge on any atom is 0.251 e. The number of fused-ring (bicyclic) bond motifs is 3. The fourth-order valence-electron chi connectivity index (χ4n) is 8.76. The van der Waals surface area contributed by atoms with E-state index in [4.69, 9.17) is 9.72 Å². The molecule has 6 aliphatic rings. The Morgan fingerprint density at radius 3 is 2.59 bits per heavy atom. The Labute approximate surface area is 259 Å². The lowest BCUT2D eigenvalue weighted by Gasteiger charge is -2.43. The van der Waals surface area contributed by atoms with Gasteiger partial charge in [0.15, 0.2) is 5.82 Å². The Hall–Kier alpha value is -3.40. The first-order valence-corrected chi connectivity index (χ1v) is 17.0. The molecular weight excluding hydrogens is 554 g/mol. The third kappa shape index (κ3) is 4.99. The summed E-state index contributed by atoms with van der Waals surface area (Å²) in [5.74, 6) is 4.47. The Morgan fingerprint density at radius 2 is 1.86 bits per heavy atom. The number of benzene rings is 1. The van der Waals surface area contributed by atoms with Gasteiger partial charge in [0.25, 0.3) is 5.91 Å². The quantitative estimate of drug-likeness (QED) is 0.457. The summed E-state index contributed by atoms with van der Waals surface area (Å²) in [5, 5.41) is 6.78. The van der Waals surface area contributed by atoms with Gasteiger partial charge in [0.1, 0.15) is 17.5 Å². The van der Waals surface area contributed by atoms with Gasteiger partial charge in [0, 0.05) is 56.3 Å². The topological polar surface area (TPSA) is 103 Å². The minimum absolute atomic E-state index is 0.00802. The maximum atomic E-state index is 13.5. The molecule has 1 saturated heterocycles. The number of aromatic nitrogens is 2. The first kappa shape index (κ1) is 28.1. The van der Waals surface area contributed by atoms with Crippen LogP contribution in [0.3, 0.4) is 0 Å². The van der Waals surface area contributed by atoms with Crippen molar-refractivity contribution in [2.75, 3.05) is 48.4 Å². The molecule has 1 aromatic heterocycles. The highest BCUT2D eigenvalue weighted by Gasteiger charge is 2.43. The van der Waals surface area contributed by atoms with Crippen LogP contribution in [0.15, 0.2) is 18.3 Å². The smallest absolute Gasteiger partial charge is 0.251 e. The number of nitrogens with one attached hydrogen (secondary N) is 2. The van der Waals surface area contributed by atoms with E-state index in [2.05, 4.69) is 32.3 Å². The Morgan fingerprint density at radius 1 is 1.09 bits per heavy atom. The van der Waals surface area contributed by atoms with E-state index in [1.165, 1.54) is 45.3 Å². The molecule has 3 aliphatic heterocycles. The molecule has 0 radical (unpaired) electrons. The third-order valence-electron chi connectivity index (χ3n) is 11.1. The molecule has 3 atom stereocenters. The Kier molecular flexibility index (Phi) is 7.15. The second kappa shape index (κ2) is 11.2. The van der Waals surface area contributed by atoms with Crippen molar-refractivity contribution in [3.8, 4) is 5.75 Å². The van der Waals surface area contributed by atoms with Crippen LogP contribution in [0, 0.1) is 17.8 Å². The van der Waals surface area contributed by atoms with E-state index in [0.717, 1.165) is 60.8 Å². The summed E-state index contributed by atoms with van der Waals surface area (Å²) >= 11 is 0. The minimum atomic E-state index is -0.218. The average Bonchev–Trinajstić information content (AvgIpc) is 3.42. The van der Waals surface area contributed by atoms with Crippen LogP contribution in [0.5, 0.6) is 5.75 Å². The molecule has 4 heterocycles. The van der Waals surface area contributed by atoms with Gasteiger partial charge in [0.2, 0.25) is 11.9 Å². The number of rotatable bonds is 8. The van der Waals surface area contributed by atoms with Crippen LogP contribution in [0.4, 0.5) is 23.1 Å². The minimum Gasteiger partial charge on any atom is -0.491 e. The fourth-order valence-corrected chi connectivity index (χ4v) is 8.76. The van der Waals surface area contributed by atoms with Gasteiger partial charge in [0.05, 0.1) is 18.5 Å². The van der Waals surface area contributed by atoms with Crippen molar-refractivity contribution in [1.29, 1.82) is 0 Å². The summed E-state index contributed by atoms with van der Waals surface area (Å²) in [6.07, 6.45) is 12.7. The zero-order valence-corrected chi connectivity index (χ0v) is 26.1. The number of likely N-dealkylation sites (N-methyl/N-ethyl adjacent to an activating group) is 1. The highest BCUT2D eigenvalue weighted by Crippen LogP contribution is 2.43. The van der Waals surface area contributed by atoms with Gasteiger partial charge in [-0.05, 0) is 74.8 Å². The molecule has 8 rings (SSSR count). The molecule has 2 N–H and O–H groups in total. The van der Waals surface area contributed by atoms with Gasteiger partial charge >= 0.3 is 0 Å². The number of likely N-dealkylation sites (tertiary alicyclic amines) is 1. The van der Waals surface area contributed by atoms with Crippen LogP contribution in [0.1, 0.15) is 80.6 Å². The first-order valence-electron chi connectivity index (χ1n) is 17.0. The molecule has 0 spiro atoms. The summed E-state index contributed by atoms with van der Waals surface area (Å²) in [6.45, 7) is 6.30. The largest absolute Gasteiger partial charge is 0.491 e. The molecule has 4 fully saturated rings. The van der Waals surface area contributed by atoms with Crippen LogP contribution in [-0.2, 0) is 11.2 Å². The standard InChI is InChI=1S/C34H45N7O3/c1-3-28-33(43)39(2)29-16-35-34(38-31(29)41(28)24-6-4-5-7-24)37-27-11-10-26(25-12-13-44-30(25)27)32(42)36-23-14-21-18-40(17-20-8-9-20)19-22(21)15-23/h10-11,16,20-24,28H,3-9,12-15,17-19H2,1-2H3,(H,36,42)(H,35,37,38). The van der Waals surface area contributed by atoms with Crippen molar-refractivity contribution in [3.63, 3.8) is 0 Å². The number of hydrogen-bond donors (Lipinski definition) is 2. The first-order chi connectivity index (χ1) is 21.5. The van der Waals surface area contributed by atoms with Gasteiger partial charge in [-0.2, -0.15) is 4.98 Å². The molecule has 3 unspecified atom stereocenters. The van der Waals surface area contributed by atoms with E-state index in [-0.39, 0.29) is 23.9 Å². The third-order valence-corrected chi connectivity index (χ3v) is 11.1. The number of ether oxygens (including phenoxy) is 1. The average molecular weight is 600 g/mol. The molecule has 3 aliphatic carbocycles.